The number of nitrogens with zero attached hydrogens (tertiary/aromatic N) is 1. The van der Waals surface area contributed by atoms with E-state index in [1.807, 2.05) is 0 Å². The topological polar surface area (TPSA) is 76.1 Å². The van der Waals surface area contributed by atoms with E-state index >= 15 is 0 Å². The first kappa shape index (κ1) is 18.3. The van der Waals surface area contributed by atoms with Crippen molar-refractivity contribution in [3.05, 3.63) is 59.5 Å². The second-order valence-electron chi connectivity index (χ2n) is 5.88. The molecule has 0 radical (unpaired) electrons. The number of carbonyl (C=O) groups is 1. The van der Waals surface area contributed by atoms with Crippen LogP contribution in [0, 0.1) is 5.82 Å². The molecule has 0 aliphatic heterocycles. The van der Waals surface area contributed by atoms with E-state index in [0.717, 1.165) is 6.07 Å². The summed E-state index contributed by atoms with van der Waals surface area (Å²) in [5.74, 6) is -1.57. The van der Waals surface area contributed by atoms with Crippen LogP contribution in [0.25, 0.3) is 0 Å². The zero-order valence-corrected chi connectivity index (χ0v) is 13.9. The highest BCUT2D eigenvalue weighted by atomic mass is 32.2. The Labute approximate surface area is 146 Å². The summed E-state index contributed by atoms with van der Waals surface area (Å²) in [5, 5.41) is -0.733. The Hall–Kier alpha value is -2.49. The van der Waals surface area contributed by atoms with Crippen LogP contribution >= 0.6 is 0 Å². The predicted molar refractivity (Wildman–Crippen MR) is 81.9 cm³/mol. The van der Waals surface area contributed by atoms with Gasteiger partial charge in [-0.15, -0.1) is 0 Å². The summed E-state index contributed by atoms with van der Waals surface area (Å²) in [4.78, 5) is 15.7. The molecule has 0 unspecified atom stereocenters. The van der Waals surface area contributed by atoms with Crippen molar-refractivity contribution in [1.29, 1.82) is 0 Å². The number of sulfonamides is 1. The second kappa shape index (κ2) is 6.04. The lowest BCUT2D eigenvalue weighted by Gasteiger charge is -2.16. The molecule has 1 aromatic carbocycles. The highest BCUT2D eigenvalue weighted by Gasteiger charge is 2.53. The van der Waals surface area contributed by atoms with Crippen LogP contribution in [0.4, 0.5) is 17.6 Å². The molecule has 1 aliphatic carbocycles. The molecule has 0 bridgehead atoms. The molecular weight excluding hydrogens is 376 g/mol. The number of hydrogen-bond acceptors (Lipinski definition) is 4. The van der Waals surface area contributed by atoms with Crippen LogP contribution in [0.3, 0.4) is 0 Å². The largest absolute Gasteiger partial charge is 0.417 e. The van der Waals surface area contributed by atoms with Crippen LogP contribution in [-0.4, -0.2) is 19.3 Å². The van der Waals surface area contributed by atoms with Crippen molar-refractivity contribution in [3.63, 3.8) is 0 Å². The average Bonchev–Trinajstić information content (AvgIpc) is 3.36. The molecule has 1 amide bonds. The highest BCUT2D eigenvalue weighted by molar-refractivity contribution is 7.90. The van der Waals surface area contributed by atoms with E-state index in [4.69, 9.17) is 0 Å². The summed E-state index contributed by atoms with van der Waals surface area (Å²) >= 11 is 0. The molecule has 1 aromatic heterocycles. The number of aromatic nitrogens is 1. The lowest BCUT2D eigenvalue weighted by Crippen LogP contribution is -2.39. The molecule has 2 aromatic rings. The molecule has 5 nitrogen and oxygen atoms in total. The lowest BCUT2D eigenvalue weighted by molar-refractivity contribution is -0.137. The van der Waals surface area contributed by atoms with E-state index < -0.39 is 43.9 Å². The summed E-state index contributed by atoms with van der Waals surface area (Å²) < 4.78 is 77.7. The van der Waals surface area contributed by atoms with Gasteiger partial charge in [-0.3, -0.25) is 4.79 Å². The van der Waals surface area contributed by atoms with Gasteiger partial charge in [-0.05, 0) is 31.0 Å². The molecule has 1 saturated carbocycles. The number of amides is 1. The van der Waals surface area contributed by atoms with Crippen molar-refractivity contribution >= 4 is 15.9 Å². The zero-order chi connectivity index (χ0) is 19.2. The summed E-state index contributed by atoms with van der Waals surface area (Å²) in [7, 11) is -4.49. The van der Waals surface area contributed by atoms with Crippen molar-refractivity contribution in [2.45, 2.75) is 29.5 Å². The van der Waals surface area contributed by atoms with Crippen molar-refractivity contribution in [1.82, 2.24) is 9.71 Å². The molecule has 1 N–H and O–H groups in total. The van der Waals surface area contributed by atoms with Crippen molar-refractivity contribution in [3.8, 4) is 0 Å². The molecule has 10 heteroatoms. The van der Waals surface area contributed by atoms with Crippen molar-refractivity contribution in [2.75, 3.05) is 0 Å². The third-order valence-electron chi connectivity index (χ3n) is 4.14. The predicted octanol–water partition coefficient (Wildman–Crippen LogP) is 2.78. The quantitative estimate of drug-likeness (QED) is 0.818. The Kier molecular flexibility index (Phi) is 4.26. The molecule has 1 aliphatic rings. The summed E-state index contributed by atoms with van der Waals surface area (Å²) in [6.45, 7) is 0. The summed E-state index contributed by atoms with van der Waals surface area (Å²) in [6, 6.07) is 6.73. The monoisotopic (exact) mass is 388 g/mol. The zero-order valence-electron chi connectivity index (χ0n) is 13.0. The van der Waals surface area contributed by atoms with E-state index in [-0.39, 0.29) is 18.4 Å². The SMILES string of the molecule is O=C(NS(=O)(=O)c1ccc(C(F)(F)F)cn1)C1(c2ccccc2F)CC1. The minimum absolute atomic E-state index is 0.0769. The van der Waals surface area contributed by atoms with Gasteiger partial charge in [0.15, 0.2) is 5.03 Å². The molecular formula is C16H12F4N2O3S. The van der Waals surface area contributed by atoms with E-state index in [1.165, 1.54) is 18.2 Å². The van der Waals surface area contributed by atoms with E-state index in [0.29, 0.717) is 18.3 Å². The number of carbonyl (C=O) groups excluding carboxylic acids is 1. The molecule has 0 atom stereocenters. The highest BCUT2D eigenvalue weighted by Crippen LogP contribution is 2.49. The van der Waals surface area contributed by atoms with Gasteiger partial charge in [0, 0.05) is 11.8 Å². The van der Waals surface area contributed by atoms with Gasteiger partial charge in [0.2, 0.25) is 5.91 Å². The molecule has 26 heavy (non-hydrogen) atoms. The van der Waals surface area contributed by atoms with Crippen LogP contribution in [0.2, 0.25) is 0 Å². The first-order chi connectivity index (χ1) is 12.1. The molecule has 138 valence electrons. The van der Waals surface area contributed by atoms with Gasteiger partial charge in [-0.1, -0.05) is 18.2 Å². The normalized spacial score (nSPS) is 16.2. The number of alkyl halides is 3. The Balaban J connectivity index is 1.84. The summed E-state index contributed by atoms with van der Waals surface area (Å²) in [6.07, 6.45) is -3.78. The van der Waals surface area contributed by atoms with Gasteiger partial charge in [0.1, 0.15) is 5.82 Å². The maximum absolute atomic E-state index is 13.9. The minimum Gasteiger partial charge on any atom is -0.273 e. The smallest absolute Gasteiger partial charge is 0.273 e. The molecule has 3 rings (SSSR count). The van der Waals surface area contributed by atoms with E-state index in [1.54, 1.807) is 4.72 Å². The molecule has 1 heterocycles. The molecule has 1 fully saturated rings. The minimum atomic E-state index is -4.67. The van der Waals surface area contributed by atoms with Crippen molar-refractivity contribution in [2.24, 2.45) is 0 Å². The van der Waals surface area contributed by atoms with Gasteiger partial charge in [0.05, 0.1) is 11.0 Å². The van der Waals surface area contributed by atoms with Crippen LogP contribution in [0.1, 0.15) is 24.0 Å². The van der Waals surface area contributed by atoms with Crippen LogP contribution < -0.4 is 4.72 Å². The van der Waals surface area contributed by atoms with Gasteiger partial charge in [-0.25, -0.2) is 14.1 Å². The van der Waals surface area contributed by atoms with Crippen LogP contribution in [-0.2, 0) is 26.4 Å². The fraction of sp³-hybridized carbons (Fsp3) is 0.250. The average molecular weight is 388 g/mol. The van der Waals surface area contributed by atoms with Crippen molar-refractivity contribution < 1.29 is 30.8 Å². The number of nitrogens with one attached hydrogen (secondary N) is 1. The second-order valence-corrected chi connectivity index (χ2v) is 7.51. The number of halogens is 4. The lowest BCUT2D eigenvalue weighted by atomic mass is 9.95. The van der Waals surface area contributed by atoms with Gasteiger partial charge in [0.25, 0.3) is 10.0 Å². The molecule has 0 spiro atoms. The maximum Gasteiger partial charge on any atom is 0.417 e. The maximum atomic E-state index is 13.9. The van der Waals surface area contributed by atoms with E-state index in [9.17, 15) is 30.8 Å². The fourth-order valence-corrected chi connectivity index (χ4v) is 3.55. The number of hydrogen-bond donors (Lipinski definition) is 1. The molecule has 0 saturated heterocycles. The summed E-state index contributed by atoms with van der Waals surface area (Å²) in [5.41, 5.74) is -2.34. The Morgan fingerprint density at radius 2 is 1.77 bits per heavy atom. The van der Waals surface area contributed by atoms with Gasteiger partial charge < -0.3 is 0 Å². The van der Waals surface area contributed by atoms with Gasteiger partial charge in [-0.2, -0.15) is 21.6 Å². The fourth-order valence-electron chi connectivity index (χ4n) is 2.57. The first-order valence-corrected chi connectivity index (χ1v) is 8.90. The third-order valence-corrected chi connectivity index (χ3v) is 5.39. The van der Waals surface area contributed by atoms with Gasteiger partial charge >= 0.3 is 6.18 Å². The standard InChI is InChI=1S/C16H12F4N2O3S/c17-12-4-2-1-3-11(12)15(7-8-15)14(23)22-26(24,25)13-6-5-10(9-21-13)16(18,19)20/h1-6,9H,7-8H2,(H,22,23). The first-order valence-electron chi connectivity index (χ1n) is 7.42. The Morgan fingerprint density at radius 3 is 2.27 bits per heavy atom. The van der Waals surface area contributed by atoms with E-state index in [2.05, 4.69) is 4.98 Å². The number of benzene rings is 1. The van der Waals surface area contributed by atoms with Crippen LogP contribution in [0.15, 0.2) is 47.6 Å². The Morgan fingerprint density at radius 1 is 1.12 bits per heavy atom. The number of rotatable bonds is 4. The van der Waals surface area contributed by atoms with Crippen LogP contribution in [0.5, 0.6) is 0 Å². The third kappa shape index (κ3) is 3.28. The Bertz CT molecular complexity index is 952. The number of pyridine rings is 1.